The van der Waals surface area contributed by atoms with Crippen LogP contribution in [0.5, 0.6) is 0 Å². The molecule has 0 saturated carbocycles. The number of sulfonamides is 1. The van der Waals surface area contributed by atoms with Crippen LogP contribution in [-0.4, -0.2) is 39.6 Å². The van der Waals surface area contributed by atoms with E-state index in [1.807, 2.05) is 0 Å². The predicted octanol–water partition coefficient (Wildman–Crippen LogP) is 1.94. The van der Waals surface area contributed by atoms with E-state index in [4.69, 9.17) is 16.3 Å². The van der Waals surface area contributed by atoms with E-state index in [2.05, 4.69) is 10.0 Å². The molecule has 134 valence electrons. The van der Waals surface area contributed by atoms with E-state index in [1.165, 1.54) is 24.3 Å². The number of hydrogen-bond acceptors (Lipinski definition) is 4. The molecule has 0 bridgehead atoms. The summed E-state index contributed by atoms with van der Waals surface area (Å²) in [5.74, 6) is -0.547. The zero-order chi connectivity index (χ0) is 17.7. The first-order valence-electron chi connectivity index (χ1n) is 7.97. The Morgan fingerprint density at radius 2 is 2.00 bits per heavy atom. The minimum Gasteiger partial charge on any atom is -0.376 e. The fourth-order valence-electron chi connectivity index (χ4n) is 2.47. The van der Waals surface area contributed by atoms with Crippen molar-refractivity contribution in [1.82, 2.24) is 10.0 Å². The maximum atomic E-state index is 12.5. The standard InChI is InChI=1S/C16H23ClN2O4S/c1-11(2)15(16(20)18-10-13-4-3-9-23-13)19-24(21,22)14-7-5-12(17)6-8-14/h5-8,11,13,15,19H,3-4,9-10H2,1-2H3,(H,18,20)/t13?,15-/m0/s1. The first kappa shape index (κ1) is 19.2. The van der Waals surface area contributed by atoms with Gasteiger partial charge < -0.3 is 10.1 Å². The molecule has 1 amide bonds. The minimum absolute atomic E-state index is 0.00892. The van der Waals surface area contributed by atoms with Crippen LogP contribution in [0.2, 0.25) is 5.02 Å². The van der Waals surface area contributed by atoms with E-state index in [1.54, 1.807) is 13.8 Å². The van der Waals surface area contributed by atoms with Crippen LogP contribution in [-0.2, 0) is 19.6 Å². The predicted molar refractivity (Wildman–Crippen MR) is 92.4 cm³/mol. The molecule has 0 aromatic heterocycles. The number of rotatable bonds is 7. The molecule has 2 atom stereocenters. The van der Waals surface area contributed by atoms with E-state index in [0.29, 0.717) is 18.2 Å². The van der Waals surface area contributed by atoms with Crippen molar-refractivity contribution in [3.63, 3.8) is 0 Å². The molecule has 1 heterocycles. The van der Waals surface area contributed by atoms with Crippen molar-refractivity contribution in [1.29, 1.82) is 0 Å². The Kier molecular flexibility index (Phi) is 6.62. The van der Waals surface area contributed by atoms with Gasteiger partial charge >= 0.3 is 0 Å². The Bertz CT molecular complexity index is 655. The van der Waals surface area contributed by atoms with Crippen molar-refractivity contribution in [2.24, 2.45) is 5.92 Å². The van der Waals surface area contributed by atoms with Crippen molar-refractivity contribution in [2.75, 3.05) is 13.2 Å². The molecule has 1 aromatic carbocycles. The summed E-state index contributed by atoms with van der Waals surface area (Å²) in [4.78, 5) is 12.5. The average molecular weight is 375 g/mol. The molecular weight excluding hydrogens is 352 g/mol. The van der Waals surface area contributed by atoms with Crippen LogP contribution in [0.15, 0.2) is 29.2 Å². The Hall–Kier alpha value is -1.15. The van der Waals surface area contributed by atoms with E-state index >= 15 is 0 Å². The van der Waals surface area contributed by atoms with Gasteiger partial charge in [-0.25, -0.2) is 8.42 Å². The Labute approximate surface area is 148 Å². The molecule has 0 spiro atoms. The molecule has 1 fully saturated rings. The fourth-order valence-corrected chi connectivity index (χ4v) is 3.94. The summed E-state index contributed by atoms with van der Waals surface area (Å²) < 4.78 is 32.9. The van der Waals surface area contributed by atoms with Gasteiger partial charge in [-0.3, -0.25) is 4.79 Å². The molecule has 1 aliphatic rings. The normalized spacial score (nSPS) is 19.4. The van der Waals surface area contributed by atoms with Gasteiger partial charge in [0.1, 0.15) is 6.04 Å². The highest BCUT2D eigenvalue weighted by molar-refractivity contribution is 7.89. The van der Waals surface area contributed by atoms with Crippen molar-refractivity contribution < 1.29 is 17.9 Å². The zero-order valence-electron chi connectivity index (χ0n) is 13.8. The number of hydrogen-bond donors (Lipinski definition) is 2. The monoisotopic (exact) mass is 374 g/mol. The van der Waals surface area contributed by atoms with Gasteiger partial charge in [-0.15, -0.1) is 0 Å². The van der Waals surface area contributed by atoms with Gasteiger partial charge in [-0.05, 0) is 43.0 Å². The third kappa shape index (κ3) is 5.17. The molecule has 6 nitrogen and oxygen atoms in total. The van der Waals surface area contributed by atoms with Gasteiger partial charge in [-0.1, -0.05) is 25.4 Å². The average Bonchev–Trinajstić information content (AvgIpc) is 3.04. The van der Waals surface area contributed by atoms with E-state index in [9.17, 15) is 13.2 Å². The highest BCUT2D eigenvalue weighted by atomic mass is 35.5. The highest BCUT2D eigenvalue weighted by Crippen LogP contribution is 2.16. The van der Waals surface area contributed by atoms with Crippen LogP contribution in [0.25, 0.3) is 0 Å². The van der Waals surface area contributed by atoms with Gasteiger partial charge in [0, 0.05) is 18.2 Å². The molecule has 2 rings (SSSR count). The van der Waals surface area contributed by atoms with Crippen LogP contribution < -0.4 is 10.0 Å². The second-order valence-corrected chi connectivity index (χ2v) is 8.33. The topological polar surface area (TPSA) is 84.5 Å². The molecule has 0 radical (unpaired) electrons. The van der Waals surface area contributed by atoms with Crippen LogP contribution in [0.3, 0.4) is 0 Å². The first-order chi connectivity index (χ1) is 11.3. The summed E-state index contributed by atoms with van der Waals surface area (Å²) in [7, 11) is -3.80. The van der Waals surface area contributed by atoms with Gasteiger partial charge in [0.2, 0.25) is 15.9 Å². The summed E-state index contributed by atoms with van der Waals surface area (Å²) in [5.41, 5.74) is 0. The lowest BCUT2D eigenvalue weighted by molar-refractivity contribution is -0.124. The summed E-state index contributed by atoms with van der Waals surface area (Å²) in [6, 6.07) is 4.96. The lowest BCUT2D eigenvalue weighted by atomic mass is 10.0. The number of carbonyl (C=O) groups excluding carboxylic acids is 1. The third-order valence-corrected chi connectivity index (χ3v) is 5.59. The number of ether oxygens (including phenoxy) is 1. The zero-order valence-corrected chi connectivity index (χ0v) is 15.4. The third-order valence-electron chi connectivity index (χ3n) is 3.88. The van der Waals surface area contributed by atoms with Gasteiger partial charge in [0.15, 0.2) is 0 Å². The van der Waals surface area contributed by atoms with Crippen molar-refractivity contribution in [2.45, 2.75) is 43.7 Å². The Morgan fingerprint density at radius 3 is 2.54 bits per heavy atom. The van der Waals surface area contributed by atoms with Gasteiger partial charge in [0.05, 0.1) is 11.0 Å². The second kappa shape index (κ2) is 8.29. The number of carbonyl (C=O) groups is 1. The maximum Gasteiger partial charge on any atom is 0.241 e. The molecule has 8 heteroatoms. The number of halogens is 1. The SMILES string of the molecule is CC(C)[C@H](NS(=O)(=O)c1ccc(Cl)cc1)C(=O)NCC1CCCO1. The highest BCUT2D eigenvalue weighted by Gasteiger charge is 2.29. The van der Waals surface area contributed by atoms with Crippen LogP contribution in [0.4, 0.5) is 0 Å². The number of nitrogens with one attached hydrogen (secondary N) is 2. The Balaban J connectivity index is 2.03. The molecule has 1 saturated heterocycles. The molecule has 1 aromatic rings. The molecule has 0 aliphatic carbocycles. The molecule has 2 N–H and O–H groups in total. The van der Waals surface area contributed by atoms with Crippen LogP contribution in [0, 0.1) is 5.92 Å². The number of amides is 1. The lowest BCUT2D eigenvalue weighted by Crippen LogP contribution is -2.50. The summed E-state index contributed by atoms with van der Waals surface area (Å²) in [6.45, 7) is 4.68. The lowest BCUT2D eigenvalue weighted by Gasteiger charge is -2.22. The van der Waals surface area contributed by atoms with Crippen LogP contribution >= 0.6 is 11.6 Å². The van der Waals surface area contributed by atoms with Gasteiger partial charge in [0.25, 0.3) is 0 Å². The molecule has 1 unspecified atom stereocenters. The van der Waals surface area contributed by atoms with Crippen molar-refractivity contribution in [3.05, 3.63) is 29.3 Å². The quantitative estimate of drug-likeness (QED) is 0.763. The van der Waals surface area contributed by atoms with E-state index < -0.39 is 16.1 Å². The number of benzene rings is 1. The van der Waals surface area contributed by atoms with E-state index in [-0.39, 0.29) is 22.8 Å². The summed E-state index contributed by atoms with van der Waals surface area (Å²) in [5, 5.41) is 3.23. The van der Waals surface area contributed by atoms with Crippen LogP contribution in [0.1, 0.15) is 26.7 Å². The van der Waals surface area contributed by atoms with E-state index in [0.717, 1.165) is 12.8 Å². The fraction of sp³-hybridized carbons (Fsp3) is 0.562. The smallest absolute Gasteiger partial charge is 0.241 e. The maximum absolute atomic E-state index is 12.5. The summed E-state index contributed by atoms with van der Waals surface area (Å²) >= 11 is 5.78. The Morgan fingerprint density at radius 1 is 1.33 bits per heavy atom. The van der Waals surface area contributed by atoms with Gasteiger partial charge in [-0.2, -0.15) is 4.72 Å². The summed E-state index contributed by atoms with van der Waals surface area (Å²) in [6.07, 6.45) is 1.90. The first-order valence-corrected chi connectivity index (χ1v) is 9.83. The molecule has 24 heavy (non-hydrogen) atoms. The largest absolute Gasteiger partial charge is 0.376 e. The second-order valence-electron chi connectivity index (χ2n) is 6.18. The van der Waals surface area contributed by atoms with Crippen molar-refractivity contribution in [3.8, 4) is 0 Å². The molecular formula is C16H23ClN2O4S. The van der Waals surface area contributed by atoms with Crippen molar-refractivity contribution >= 4 is 27.5 Å². The minimum atomic E-state index is -3.80. The molecule has 1 aliphatic heterocycles.